The van der Waals surface area contributed by atoms with Gasteiger partial charge in [-0.3, -0.25) is 0 Å². The Morgan fingerprint density at radius 3 is 2.54 bits per heavy atom. The van der Waals surface area contributed by atoms with Gasteiger partial charge in [-0.15, -0.1) is 0 Å². The van der Waals surface area contributed by atoms with Crippen molar-refractivity contribution in [2.45, 2.75) is 30.8 Å². The maximum atomic E-state index is 10.3. The van der Waals surface area contributed by atoms with Crippen molar-refractivity contribution in [3.8, 4) is 5.88 Å². The summed E-state index contributed by atoms with van der Waals surface area (Å²) in [5, 5.41) is 24.5. The Balaban J connectivity index is 1.67. The maximum absolute atomic E-state index is 10.3. The van der Waals surface area contributed by atoms with Gasteiger partial charge in [0.15, 0.2) is 0 Å². The number of rotatable bonds is 4. The van der Waals surface area contributed by atoms with Crippen LogP contribution in [0, 0.1) is 0 Å². The molecule has 0 unspecified atom stereocenters. The van der Waals surface area contributed by atoms with E-state index >= 15 is 0 Å². The molecule has 26 heavy (non-hydrogen) atoms. The standard InChI is InChI=1S/C18H24N4O4/c1-25-13-10-14(16(24)15(13)23)26-17-11-4-2-3-5-12(11)20-18(21-17)22-8-6-19-7-9-22/h2-5,13-16,19,23-24H,6-10H2,1H3/t13-,14+,15+,16-/m1/s1. The molecule has 0 bridgehead atoms. The molecule has 140 valence electrons. The summed E-state index contributed by atoms with van der Waals surface area (Å²) >= 11 is 0. The summed E-state index contributed by atoms with van der Waals surface area (Å²) < 4.78 is 11.3. The number of anilines is 1. The van der Waals surface area contributed by atoms with Crippen molar-refractivity contribution in [1.29, 1.82) is 0 Å². The molecule has 1 aliphatic heterocycles. The third kappa shape index (κ3) is 3.21. The van der Waals surface area contributed by atoms with E-state index in [-0.39, 0.29) is 0 Å². The monoisotopic (exact) mass is 360 g/mol. The van der Waals surface area contributed by atoms with Crippen LogP contribution in [0.3, 0.4) is 0 Å². The van der Waals surface area contributed by atoms with Crippen molar-refractivity contribution in [2.24, 2.45) is 0 Å². The minimum Gasteiger partial charge on any atom is -0.471 e. The number of aliphatic hydroxyl groups excluding tert-OH is 2. The van der Waals surface area contributed by atoms with E-state index in [1.807, 2.05) is 24.3 Å². The first kappa shape index (κ1) is 17.4. The molecule has 1 saturated carbocycles. The fourth-order valence-corrected chi connectivity index (χ4v) is 3.58. The second-order valence-corrected chi connectivity index (χ2v) is 6.73. The van der Waals surface area contributed by atoms with Gasteiger partial charge in [0.05, 0.1) is 17.0 Å². The van der Waals surface area contributed by atoms with E-state index in [9.17, 15) is 10.2 Å². The van der Waals surface area contributed by atoms with E-state index in [0.29, 0.717) is 18.2 Å². The number of nitrogens with zero attached hydrogens (tertiary/aromatic N) is 3. The number of hydrogen-bond acceptors (Lipinski definition) is 8. The lowest BCUT2D eigenvalue weighted by atomic mass is 10.2. The fraction of sp³-hybridized carbons (Fsp3) is 0.556. The van der Waals surface area contributed by atoms with E-state index in [1.54, 1.807) is 0 Å². The van der Waals surface area contributed by atoms with Crippen LogP contribution in [-0.4, -0.2) is 77.9 Å². The molecule has 4 rings (SSSR count). The van der Waals surface area contributed by atoms with Gasteiger partial charge >= 0.3 is 0 Å². The van der Waals surface area contributed by atoms with Crippen LogP contribution in [0.5, 0.6) is 5.88 Å². The van der Waals surface area contributed by atoms with Crippen molar-refractivity contribution in [1.82, 2.24) is 15.3 Å². The van der Waals surface area contributed by atoms with Gasteiger partial charge in [-0.1, -0.05) is 12.1 Å². The highest BCUT2D eigenvalue weighted by atomic mass is 16.5. The molecule has 2 fully saturated rings. The first-order valence-corrected chi connectivity index (χ1v) is 8.95. The number of aliphatic hydroxyl groups is 2. The number of aromatic nitrogens is 2. The summed E-state index contributed by atoms with van der Waals surface area (Å²) in [6.07, 6.45) is -2.61. The summed E-state index contributed by atoms with van der Waals surface area (Å²) in [6, 6.07) is 7.65. The van der Waals surface area contributed by atoms with Crippen LogP contribution >= 0.6 is 0 Å². The highest BCUT2D eigenvalue weighted by molar-refractivity contribution is 5.84. The van der Waals surface area contributed by atoms with E-state index in [4.69, 9.17) is 9.47 Å². The third-order valence-corrected chi connectivity index (χ3v) is 5.10. The van der Waals surface area contributed by atoms with E-state index < -0.39 is 24.4 Å². The Kier molecular flexibility index (Phi) is 4.90. The number of hydrogen-bond donors (Lipinski definition) is 3. The average molecular weight is 360 g/mol. The number of nitrogens with one attached hydrogen (secondary N) is 1. The highest BCUT2D eigenvalue weighted by Crippen LogP contribution is 2.31. The third-order valence-electron chi connectivity index (χ3n) is 5.10. The SMILES string of the molecule is CO[C@@H]1C[C@H](Oc2nc(N3CCNCC3)nc3ccccc23)[C@@H](O)[C@H]1O. The number of benzene rings is 1. The van der Waals surface area contributed by atoms with Crippen molar-refractivity contribution >= 4 is 16.9 Å². The van der Waals surface area contributed by atoms with Crippen molar-refractivity contribution in [3.05, 3.63) is 24.3 Å². The Bertz CT molecular complexity index is 768. The molecule has 3 N–H and O–H groups in total. The quantitative estimate of drug-likeness (QED) is 0.697. The molecule has 1 saturated heterocycles. The summed E-state index contributed by atoms with van der Waals surface area (Å²) in [4.78, 5) is 11.4. The van der Waals surface area contributed by atoms with Crippen molar-refractivity contribution in [3.63, 3.8) is 0 Å². The fourth-order valence-electron chi connectivity index (χ4n) is 3.58. The second kappa shape index (κ2) is 7.32. The van der Waals surface area contributed by atoms with Gasteiger partial charge in [0, 0.05) is 39.7 Å². The number of para-hydroxylation sites is 1. The Morgan fingerprint density at radius 2 is 1.81 bits per heavy atom. The zero-order valence-electron chi connectivity index (χ0n) is 14.7. The summed E-state index contributed by atoms with van der Waals surface area (Å²) in [7, 11) is 1.52. The second-order valence-electron chi connectivity index (χ2n) is 6.73. The topological polar surface area (TPSA) is 100.0 Å². The van der Waals surface area contributed by atoms with Gasteiger partial charge < -0.3 is 29.9 Å². The molecule has 1 aliphatic carbocycles. The Morgan fingerprint density at radius 1 is 1.08 bits per heavy atom. The lowest BCUT2D eigenvalue weighted by Crippen LogP contribution is -2.44. The minimum atomic E-state index is -1.02. The number of piperazine rings is 1. The van der Waals surface area contributed by atoms with Crippen LogP contribution in [0.15, 0.2) is 24.3 Å². The van der Waals surface area contributed by atoms with Crippen LogP contribution in [0.1, 0.15) is 6.42 Å². The first-order valence-electron chi connectivity index (χ1n) is 8.95. The molecule has 4 atom stereocenters. The van der Waals surface area contributed by atoms with E-state index in [2.05, 4.69) is 20.2 Å². The molecule has 1 aromatic heterocycles. The van der Waals surface area contributed by atoms with Crippen LogP contribution in [0.25, 0.3) is 10.9 Å². The lowest BCUT2D eigenvalue weighted by molar-refractivity contribution is -0.0483. The highest BCUT2D eigenvalue weighted by Gasteiger charge is 2.43. The molecule has 2 heterocycles. The molecule has 1 aromatic carbocycles. The molecule has 0 amide bonds. The molecular formula is C18H24N4O4. The van der Waals surface area contributed by atoms with E-state index in [1.165, 1.54) is 7.11 Å². The Hall–Kier alpha value is -2.00. The molecule has 0 spiro atoms. The number of methoxy groups -OCH3 is 1. The zero-order chi connectivity index (χ0) is 18.1. The molecule has 8 heteroatoms. The molecule has 0 radical (unpaired) electrons. The van der Waals surface area contributed by atoms with Crippen LogP contribution in [0.2, 0.25) is 0 Å². The molecule has 2 aromatic rings. The van der Waals surface area contributed by atoms with Crippen molar-refractivity contribution in [2.75, 3.05) is 38.2 Å². The van der Waals surface area contributed by atoms with Crippen LogP contribution < -0.4 is 15.0 Å². The molecule has 2 aliphatic rings. The first-order chi connectivity index (χ1) is 12.7. The maximum Gasteiger partial charge on any atom is 0.229 e. The normalized spacial score (nSPS) is 29.3. The smallest absolute Gasteiger partial charge is 0.229 e. The Labute approximate surface area is 151 Å². The molecular weight excluding hydrogens is 336 g/mol. The summed E-state index contributed by atoms with van der Waals surface area (Å²) in [5.74, 6) is 1.05. The van der Waals surface area contributed by atoms with Gasteiger partial charge in [-0.25, -0.2) is 4.98 Å². The number of fused-ring (bicyclic) bond motifs is 1. The average Bonchev–Trinajstić information content (AvgIpc) is 2.96. The van der Waals surface area contributed by atoms with Crippen molar-refractivity contribution < 1.29 is 19.7 Å². The van der Waals surface area contributed by atoms with Crippen LogP contribution in [-0.2, 0) is 4.74 Å². The van der Waals surface area contributed by atoms with Gasteiger partial charge in [-0.2, -0.15) is 4.98 Å². The largest absolute Gasteiger partial charge is 0.471 e. The molecule has 8 nitrogen and oxygen atoms in total. The zero-order valence-corrected chi connectivity index (χ0v) is 14.7. The lowest BCUT2D eigenvalue weighted by Gasteiger charge is -2.28. The summed E-state index contributed by atoms with van der Waals surface area (Å²) in [5.41, 5.74) is 0.794. The van der Waals surface area contributed by atoms with Crippen LogP contribution in [0.4, 0.5) is 5.95 Å². The van der Waals surface area contributed by atoms with Gasteiger partial charge in [0.2, 0.25) is 11.8 Å². The minimum absolute atomic E-state index is 0.403. The number of ether oxygens (including phenoxy) is 2. The van der Waals surface area contributed by atoms with E-state index in [0.717, 1.165) is 37.1 Å². The van der Waals surface area contributed by atoms with Gasteiger partial charge in [0.1, 0.15) is 18.3 Å². The summed E-state index contributed by atoms with van der Waals surface area (Å²) in [6.45, 7) is 3.42. The van der Waals surface area contributed by atoms with Gasteiger partial charge in [-0.05, 0) is 12.1 Å². The predicted molar refractivity (Wildman–Crippen MR) is 96.5 cm³/mol. The van der Waals surface area contributed by atoms with Gasteiger partial charge in [0.25, 0.3) is 0 Å². The predicted octanol–water partition coefficient (Wildman–Crippen LogP) is -0.0727.